The number of fused-ring (bicyclic) bond motifs is 2. The number of nitrogens with one attached hydrogen (secondary N) is 1. The summed E-state index contributed by atoms with van der Waals surface area (Å²) in [7, 11) is 1.45. The quantitative estimate of drug-likeness (QED) is 0.120. The molecule has 65 heavy (non-hydrogen) atoms. The molecular weight excluding hydrogens is 837 g/mol. The van der Waals surface area contributed by atoms with Crippen LogP contribution in [0, 0.1) is 36.5 Å². The van der Waals surface area contributed by atoms with Crippen molar-refractivity contribution in [1.82, 2.24) is 9.88 Å². The topological polar surface area (TPSA) is 225 Å². The molecule has 0 spiro atoms. The molecule has 4 aromatic rings. The van der Waals surface area contributed by atoms with Crippen LogP contribution in [0.1, 0.15) is 61.0 Å². The average molecular weight is 899 g/mol. The molecule has 9 unspecified atom stereocenters. The minimum absolute atomic E-state index is 0.0337. The lowest BCUT2D eigenvalue weighted by Gasteiger charge is -2.36. The second kappa shape index (κ2) is 18.4. The monoisotopic (exact) mass is 898 g/mol. The number of rotatable bonds is 4. The van der Waals surface area contributed by atoms with E-state index in [-0.39, 0.29) is 60.8 Å². The first-order valence-electron chi connectivity index (χ1n) is 22.3. The molecule has 9 atom stereocenters. The molecule has 7 rings (SSSR count). The van der Waals surface area contributed by atoms with E-state index in [1.54, 1.807) is 45.9 Å². The minimum atomic E-state index is -1.95. The zero-order chi connectivity index (χ0) is 47.4. The lowest BCUT2D eigenvalue weighted by molar-refractivity contribution is -0.112. The maximum atomic E-state index is 14.8. The van der Waals surface area contributed by atoms with Crippen LogP contribution >= 0.6 is 0 Å². The number of phenols is 1. The number of ether oxygens (including phenoxy) is 3. The second-order valence-corrected chi connectivity index (χ2v) is 18.6. The second-order valence-electron chi connectivity index (χ2n) is 18.6. The molecule has 4 bridgehead atoms. The standard InChI is InChI=1S/C49H62N4O12/c1-23(2)22-52-15-17-53(18-16-52)30-20-31(54)37-33(21-30)64-46-38(50-37)34-35-43(58)29(8)45-36(34)47(60)49(9,65-45)63-19-14-32(62-10)26(5)41(56)28(7)42(57)27(6)40(55)24(3)12-11-13-25(4)48(61)51-39(46)44(35)59/h11-14,19-21,23-24,26-28,32,40-42,55-58,60H,15-18,22H2,1-10H3,(H,51,61). The lowest BCUT2D eigenvalue weighted by atomic mass is 9.78. The number of aromatic hydroxyl groups is 1. The zero-order valence-electron chi connectivity index (χ0n) is 38.7. The molecule has 3 aliphatic heterocycles. The van der Waals surface area contributed by atoms with Crippen LogP contribution in [0.5, 0.6) is 11.5 Å². The molecule has 1 saturated heterocycles. The SMILES string of the molecule is COC1C=COC2(C)Oc3c(C)c(O)c4c(=O)c(c5oc6cc(N7CCN(CC(C)C)CC7)cc(=O)c6nc5c4c3=C2O)NC(=O)C(C)=CC=CC(C)C(O)C(C)C(O)C(C)C(O)C1C. The van der Waals surface area contributed by atoms with Crippen molar-refractivity contribution in [3.8, 4) is 11.5 Å². The first kappa shape index (κ1) is 47.4. The van der Waals surface area contributed by atoms with Crippen molar-refractivity contribution in [3.63, 3.8) is 0 Å². The number of phenolic OH excluding ortho intramolecular Hbond substituents is 1. The van der Waals surface area contributed by atoms with Crippen LogP contribution in [-0.4, -0.2) is 111 Å². The Balaban J connectivity index is 1.46. The Bertz CT molecular complexity index is 2780. The Hall–Kier alpha value is -5.52. The number of amides is 1. The fourth-order valence-electron chi connectivity index (χ4n) is 9.37. The summed E-state index contributed by atoms with van der Waals surface area (Å²) in [4.78, 5) is 52.1. The smallest absolute Gasteiger partial charge is 0.307 e. The maximum absolute atomic E-state index is 14.8. The van der Waals surface area contributed by atoms with Gasteiger partial charge in [0.25, 0.3) is 5.91 Å². The van der Waals surface area contributed by atoms with E-state index in [1.165, 1.54) is 52.4 Å². The zero-order valence-corrected chi connectivity index (χ0v) is 38.7. The summed E-state index contributed by atoms with van der Waals surface area (Å²) in [5.74, 6) is -5.68. The van der Waals surface area contributed by atoms with Crippen molar-refractivity contribution < 1.29 is 49.0 Å². The predicted molar refractivity (Wildman–Crippen MR) is 249 cm³/mol. The Morgan fingerprint density at radius 3 is 2.23 bits per heavy atom. The molecule has 1 aromatic heterocycles. The van der Waals surface area contributed by atoms with Crippen molar-refractivity contribution in [2.45, 2.75) is 92.5 Å². The van der Waals surface area contributed by atoms with Crippen molar-refractivity contribution in [3.05, 3.63) is 79.5 Å². The molecule has 4 heterocycles. The molecule has 350 valence electrons. The fraction of sp³-hybridized carbons (Fsp3) is 0.510. The van der Waals surface area contributed by atoms with Gasteiger partial charge in [-0.1, -0.05) is 59.8 Å². The van der Waals surface area contributed by atoms with Crippen LogP contribution in [0.2, 0.25) is 0 Å². The fourth-order valence-corrected chi connectivity index (χ4v) is 9.37. The van der Waals surface area contributed by atoms with E-state index in [0.29, 0.717) is 24.7 Å². The number of nitrogens with zero attached hydrogens (tertiary/aromatic N) is 3. The van der Waals surface area contributed by atoms with E-state index in [0.717, 1.165) is 19.6 Å². The number of benzene rings is 3. The molecule has 3 aliphatic rings. The van der Waals surface area contributed by atoms with Crippen LogP contribution in [-0.2, 0) is 14.3 Å². The van der Waals surface area contributed by atoms with E-state index in [1.807, 2.05) is 0 Å². The van der Waals surface area contributed by atoms with Crippen LogP contribution < -0.4 is 31.0 Å². The summed E-state index contributed by atoms with van der Waals surface area (Å²) in [6.07, 6.45) is 3.50. The van der Waals surface area contributed by atoms with Gasteiger partial charge in [-0.3, -0.25) is 19.3 Å². The van der Waals surface area contributed by atoms with Crippen LogP contribution in [0.4, 0.5) is 11.4 Å². The first-order chi connectivity index (χ1) is 30.7. The third-order valence-corrected chi connectivity index (χ3v) is 13.5. The van der Waals surface area contributed by atoms with Gasteiger partial charge in [0, 0.05) is 105 Å². The van der Waals surface area contributed by atoms with Gasteiger partial charge in [0.05, 0.1) is 41.3 Å². The lowest BCUT2D eigenvalue weighted by Crippen LogP contribution is -2.47. The van der Waals surface area contributed by atoms with E-state index < -0.39 is 82.1 Å². The highest BCUT2D eigenvalue weighted by Gasteiger charge is 2.44. The molecule has 1 amide bonds. The predicted octanol–water partition coefficient (Wildman–Crippen LogP) is 4.77. The summed E-state index contributed by atoms with van der Waals surface area (Å²) in [6, 6.07) is 3.17. The van der Waals surface area contributed by atoms with Crippen molar-refractivity contribution in [2.75, 3.05) is 50.1 Å². The number of hydrogen-bond donors (Lipinski definition) is 6. The maximum Gasteiger partial charge on any atom is 0.307 e. The van der Waals surface area contributed by atoms with Gasteiger partial charge < -0.3 is 54.4 Å². The van der Waals surface area contributed by atoms with Gasteiger partial charge >= 0.3 is 5.79 Å². The third kappa shape index (κ3) is 8.69. The molecule has 0 radical (unpaired) electrons. The highest BCUT2D eigenvalue weighted by molar-refractivity contribution is 6.16. The van der Waals surface area contributed by atoms with E-state index in [2.05, 4.69) is 29.0 Å². The highest BCUT2D eigenvalue weighted by atomic mass is 16.7. The van der Waals surface area contributed by atoms with Gasteiger partial charge in [-0.2, -0.15) is 0 Å². The van der Waals surface area contributed by atoms with Crippen molar-refractivity contribution in [2.24, 2.45) is 29.6 Å². The van der Waals surface area contributed by atoms with E-state index in [4.69, 9.17) is 23.6 Å². The number of carbonyl (C=O) groups is 1. The molecule has 16 nitrogen and oxygen atoms in total. The number of allylic oxidation sites excluding steroid dienone is 2. The van der Waals surface area contributed by atoms with Crippen molar-refractivity contribution in [1.29, 1.82) is 0 Å². The number of hydrogen-bond acceptors (Lipinski definition) is 15. The molecule has 0 aliphatic carbocycles. The molecular formula is C49H62N4O12. The summed E-state index contributed by atoms with van der Waals surface area (Å²) in [5.41, 5.74) is -1.25. The van der Waals surface area contributed by atoms with E-state index >= 15 is 0 Å². The van der Waals surface area contributed by atoms with Crippen LogP contribution in [0.25, 0.3) is 38.7 Å². The van der Waals surface area contributed by atoms with Gasteiger partial charge in [-0.25, -0.2) is 4.98 Å². The average Bonchev–Trinajstić information content (AvgIpc) is 3.54. The summed E-state index contributed by atoms with van der Waals surface area (Å²) >= 11 is 0. The normalized spacial score (nSPS) is 28.6. The third-order valence-electron chi connectivity index (χ3n) is 13.5. The van der Waals surface area contributed by atoms with Crippen molar-refractivity contribution >= 4 is 56.0 Å². The number of aromatic nitrogens is 1. The summed E-state index contributed by atoms with van der Waals surface area (Å²) in [5, 5.41) is 60.2. The number of piperazine rings is 1. The number of methoxy groups -OCH3 is 1. The molecule has 16 heteroatoms. The van der Waals surface area contributed by atoms with Gasteiger partial charge in [0.1, 0.15) is 22.7 Å². The van der Waals surface area contributed by atoms with Gasteiger partial charge in [0.2, 0.25) is 10.9 Å². The summed E-state index contributed by atoms with van der Waals surface area (Å²) < 4.78 is 24.5. The van der Waals surface area contributed by atoms with Gasteiger partial charge in [-0.05, 0) is 25.8 Å². The Morgan fingerprint density at radius 2 is 1.57 bits per heavy atom. The number of anilines is 2. The molecule has 1 fully saturated rings. The minimum Gasteiger partial charge on any atom is -0.507 e. The molecule has 6 N–H and O–H groups in total. The molecule has 0 saturated carbocycles. The molecule has 3 aromatic carbocycles. The largest absolute Gasteiger partial charge is 0.507 e. The Kier molecular flexibility index (Phi) is 13.4. The van der Waals surface area contributed by atoms with Gasteiger partial charge in [0.15, 0.2) is 22.4 Å². The van der Waals surface area contributed by atoms with Gasteiger partial charge in [-0.15, -0.1) is 0 Å². The Labute approximate surface area is 377 Å². The number of carbonyl (C=O) groups excluding carboxylic acids is 1. The number of aliphatic hydroxyl groups excluding tert-OH is 4. The van der Waals surface area contributed by atoms with E-state index in [9.17, 15) is 39.9 Å². The summed E-state index contributed by atoms with van der Waals surface area (Å²) in [6.45, 7) is 19.5. The first-order valence-corrected chi connectivity index (χ1v) is 22.3. The van der Waals surface area contributed by atoms with Crippen LogP contribution in [0.15, 0.2) is 62.3 Å². The Morgan fingerprint density at radius 1 is 0.908 bits per heavy atom. The number of aliphatic hydroxyl groups is 4. The van der Waals surface area contributed by atoms with Crippen LogP contribution in [0.3, 0.4) is 0 Å². The highest BCUT2D eigenvalue weighted by Crippen LogP contribution is 2.42.